The van der Waals surface area contributed by atoms with Crippen molar-refractivity contribution in [3.63, 3.8) is 0 Å². The number of amides is 2. The molecular weight excluding hydrogens is 340 g/mol. The first-order valence-electron chi connectivity index (χ1n) is 9.53. The van der Waals surface area contributed by atoms with Crippen LogP contribution in [-0.4, -0.2) is 23.0 Å². The minimum atomic E-state index is -0.776. The SMILES string of the molecule is CCC[C@@H](NC(=O)c1cccc2c1CC(=O)N2)[C@@H](O)c1ccccc1CC. The molecule has 142 valence electrons. The van der Waals surface area contributed by atoms with Gasteiger partial charge in [-0.05, 0) is 41.7 Å². The largest absolute Gasteiger partial charge is 0.386 e. The van der Waals surface area contributed by atoms with Crippen molar-refractivity contribution < 1.29 is 14.7 Å². The molecule has 5 heteroatoms. The third-order valence-corrected chi connectivity index (χ3v) is 5.08. The van der Waals surface area contributed by atoms with Crippen LogP contribution in [-0.2, 0) is 17.6 Å². The van der Waals surface area contributed by atoms with Crippen LogP contribution in [0.15, 0.2) is 42.5 Å². The van der Waals surface area contributed by atoms with Crippen molar-refractivity contribution in [3.8, 4) is 0 Å². The molecule has 5 nitrogen and oxygen atoms in total. The summed E-state index contributed by atoms with van der Waals surface area (Å²) in [6.45, 7) is 4.08. The number of aryl methyl sites for hydroxylation is 1. The smallest absolute Gasteiger partial charge is 0.251 e. The molecule has 0 radical (unpaired) electrons. The first kappa shape index (κ1) is 19.1. The Labute approximate surface area is 159 Å². The zero-order valence-electron chi connectivity index (χ0n) is 15.8. The van der Waals surface area contributed by atoms with Crippen molar-refractivity contribution >= 4 is 17.5 Å². The summed E-state index contributed by atoms with van der Waals surface area (Å²) in [5.74, 6) is -0.359. The van der Waals surface area contributed by atoms with Gasteiger partial charge in [-0.2, -0.15) is 0 Å². The number of anilines is 1. The highest BCUT2D eigenvalue weighted by atomic mass is 16.3. The van der Waals surface area contributed by atoms with Crippen LogP contribution < -0.4 is 10.6 Å². The molecule has 1 aliphatic heterocycles. The van der Waals surface area contributed by atoms with Gasteiger partial charge in [0.05, 0.1) is 18.6 Å². The van der Waals surface area contributed by atoms with E-state index in [9.17, 15) is 14.7 Å². The number of hydrogen-bond acceptors (Lipinski definition) is 3. The Morgan fingerprint density at radius 3 is 2.70 bits per heavy atom. The molecule has 0 fully saturated rings. The lowest BCUT2D eigenvalue weighted by Crippen LogP contribution is -2.40. The van der Waals surface area contributed by atoms with E-state index in [2.05, 4.69) is 17.6 Å². The number of hydrogen-bond donors (Lipinski definition) is 3. The summed E-state index contributed by atoms with van der Waals surface area (Å²) in [7, 11) is 0. The lowest BCUT2D eigenvalue weighted by molar-refractivity contribution is -0.115. The van der Waals surface area contributed by atoms with E-state index in [1.807, 2.05) is 31.2 Å². The molecule has 2 aromatic carbocycles. The Balaban J connectivity index is 1.84. The average Bonchev–Trinajstić information content (AvgIpc) is 3.07. The number of carbonyl (C=O) groups is 2. The van der Waals surface area contributed by atoms with Gasteiger partial charge in [-0.25, -0.2) is 0 Å². The van der Waals surface area contributed by atoms with Crippen molar-refractivity contribution in [1.29, 1.82) is 0 Å². The molecule has 0 bridgehead atoms. The van der Waals surface area contributed by atoms with Crippen molar-refractivity contribution in [1.82, 2.24) is 5.32 Å². The molecule has 0 spiro atoms. The predicted molar refractivity (Wildman–Crippen MR) is 106 cm³/mol. The zero-order valence-corrected chi connectivity index (χ0v) is 15.8. The average molecular weight is 366 g/mol. The van der Waals surface area contributed by atoms with Crippen LogP contribution in [0.3, 0.4) is 0 Å². The Kier molecular flexibility index (Phi) is 5.91. The molecule has 1 heterocycles. The molecule has 3 rings (SSSR count). The first-order valence-corrected chi connectivity index (χ1v) is 9.53. The van der Waals surface area contributed by atoms with Crippen LogP contribution in [0.2, 0.25) is 0 Å². The standard InChI is InChI=1S/C22H26N2O3/c1-3-8-19(21(26)15-10-6-5-9-14(15)4-2)24-22(27)16-11-7-12-18-17(16)13-20(25)23-18/h5-7,9-12,19,21,26H,3-4,8,13H2,1-2H3,(H,23,25)(H,24,27)/t19-,21+/m1/s1. The van der Waals surface area contributed by atoms with Gasteiger partial charge >= 0.3 is 0 Å². The molecule has 0 saturated carbocycles. The number of aliphatic hydroxyl groups excluding tert-OH is 1. The van der Waals surface area contributed by atoms with Gasteiger partial charge < -0.3 is 15.7 Å². The minimum Gasteiger partial charge on any atom is -0.386 e. The third kappa shape index (κ3) is 4.03. The first-order chi connectivity index (χ1) is 13.0. The van der Waals surface area contributed by atoms with Crippen molar-refractivity contribution in [2.45, 2.75) is 51.7 Å². The van der Waals surface area contributed by atoms with E-state index in [4.69, 9.17) is 0 Å². The Hall–Kier alpha value is -2.66. The van der Waals surface area contributed by atoms with Crippen LogP contribution in [0.4, 0.5) is 5.69 Å². The van der Waals surface area contributed by atoms with E-state index in [0.29, 0.717) is 17.7 Å². The number of aliphatic hydroxyl groups is 1. The molecule has 0 unspecified atom stereocenters. The van der Waals surface area contributed by atoms with E-state index in [0.717, 1.165) is 29.5 Å². The summed E-state index contributed by atoms with van der Waals surface area (Å²) in [4.78, 5) is 24.6. The minimum absolute atomic E-state index is 0.104. The van der Waals surface area contributed by atoms with Gasteiger partial charge in [0.25, 0.3) is 5.91 Å². The van der Waals surface area contributed by atoms with Crippen LogP contribution in [0.25, 0.3) is 0 Å². The summed E-state index contributed by atoms with van der Waals surface area (Å²) >= 11 is 0. The van der Waals surface area contributed by atoms with Crippen LogP contribution in [0.1, 0.15) is 59.8 Å². The number of carbonyl (C=O) groups excluding carboxylic acids is 2. The predicted octanol–water partition coefficient (Wildman–Crippen LogP) is 3.38. The van der Waals surface area contributed by atoms with E-state index >= 15 is 0 Å². The molecule has 3 N–H and O–H groups in total. The number of fused-ring (bicyclic) bond motifs is 1. The molecule has 2 amide bonds. The van der Waals surface area contributed by atoms with Crippen LogP contribution in [0.5, 0.6) is 0 Å². The van der Waals surface area contributed by atoms with E-state index in [1.165, 1.54) is 0 Å². The van der Waals surface area contributed by atoms with Crippen molar-refractivity contribution in [2.24, 2.45) is 0 Å². The molecular formula is C22H26N2O3. The third-order valence-electron chi connectivity index (χ3n) is 5.08. The zero-order chi connectivity index (χ0) is 19.4. The topological polar surface area (TPSA) is 78.4 Å². The van der Waals surface area contributed by atoms with Gasteiger partial charge in [0.15, 0.2) is 0 Å². The fourth-order valence-electron chi connectivity index (χ4n) is 3.69. The number of benzene rings is 2. The Morgan fingerprint density at radius 1 is 1.19 bits per heavy atom. The van der Waals surface area contributed by atoms with E-state index in [-0.39, 0.29) is 18.2 Å². The van der Waals surface area contributed by atoms with Gasteiger partial charge in [0.1, 0.15) is 0 Å². The van der Waals surface area contributed by atoms with Crippen molar-refractivity contribution in [3.05, 3.63) is 64.7 Å². The normalized spacial score (nSPS) is 15.0. The van der Waals surface area contributed by atoms with Gasteiger partial charge in [-0.15, -0.1) is 0 Å². The summed E-state index contributed by atoms with van der Waals surface area (Å²) < 4.78 is 0. The maximum Gasteiger partial charge on any atom is 0.251 e. The monoisotopic (exact) mass is 366 g/mol. The van der Waals surface area contributed by atoms with Crippen LogP contribution in [0, 0.1) is 0 Å². The number of rotatable bonds is 7. The highest BCUT2D eigenvalue weighted by Crippen LogP contribution is 2.28. The second-order valence-corrected chi connectivity index (χ2v) is 6.92. The Bertz CT molecular complexity index is 847. The maximum absolute atomic E-state index is 12.9. The quantitative estimate of drug-likeness (QED) is 0.703. The number of nitrogens with one attached hydrogen (secondary N) is 2. The summed E-state index contributed by atoms with van der Waals surface area (Å²) in [6.07, 6.45) is 1.75. The molecule has 2 aromatic rings. The van der Waals surface area contributed by atoms with E-state index < -0.39 is 12.1 Å². The second kappa shape index (κ2) is 8.35. The second-order valence-electron chi connectivity index (χ2n) is 6.92. The highest BCUT2D eigenvalue weighted by molar-refractivity contribution is 6.05. The lowest BCUT2D eigenvalue weighted by atomic mass is 9.93. The van der Waals surface area contributed by atoms with Gasteiger partial charge in [0, 0.05) is 11.3 Å². The molecule has 27 heavy (non-hydrogen) atoms. The summed E-state index contributed by atoms with van der Waals surface area (Å²) in [5, 5.41) is 16.7. The fourth-order valence-corrected chi connectivity index (χ4v) is 3.69. The molecule has 0 aromatic heterocycles. The molecule has 0 saturated heterocycles. The Morgan fingerprint density at radius 2 is 1.96 bits per heavy atom. The lowest BCUT2D eigenvalue weighted by Gasteiger charge is -2.26. The van der Waals surface area contributed by atoms with Crippen LogP contribution >= 0.6 is 0 Å². The summed E-state index contributed by atoms with van der Waals surface area (Å²) in [5.41, 5.74) is 3.84. The fraction of sp³-hybridized carbons (Fsp3) is 0.364. The van der Waals surface area contributed by atoms with E-state index in [1.54, 1.807) is 18.2 Å². The summed E-state index contributed by atoms with van der Waals surface area (Å²) in [6, 6.07) is 12.7. The van der Waals surface area contributed by atoms with Gasteiger partial charge in [-0.1, -0.05) is 50.6 Å². The maximum atomic E-state index is 12.9. The molecule has 2 atom stereocenters. The van der Waals surface area contributed by atoms with Gasteiger partial charge in [-0.3, -0.25) is 9.59 Å². The molecule has 1 aliphatic rings. The van der Waals surface area contributed by atoms with Crippen molar-refractivity contribution in [2.75, 3.05) is 5.32 Å². The molecule has 0 aliphatic carbocycles. The highest BCUT2D eigenvalue weighted by Gasteiger charge is 2.27. The van der Waals surface area contributed by atoms with Gasteiger partial charge in [0.2, 0.25) is 5.91 Å².